The first-order valence-electron chi connectivity index (χ1n) is 6.97. The molecule has 0 aliphatic carbocycles. The van der Waals surface area contributed by atoms with E-state index in [0.717, 1.165) is 12.8 Å². The molecule has 7 nitrogen and oxygen atoms in total. The lowest BCUT2D eigenvalue weighted by atomic mass is 9.96. The summed E-state index contributed by atoms with van der Waals surface area (Å²) in [4.78, 5) is 35.3. The van der Waals surface area contributed by atoms with Crippen molar-refractivity contribution in [3.8, 4) is 0 Å². The summed E-state index contributed by atoms with van der Waals surface area (Å²) in [7, 11) is 0. The van der Waals surface area contributed by atoms with Crippen molar-refractivity contribution in [1.29, 1.82) is 0 Å². The van der Waals surface area contributed by atoms with Crippen molar-refractivity contribution in [3.05, 3.63) is 0 Å². The number of likely N-dealkylation sites (tertiary alicyclic amines) is 1. The molecule has 4 N–H and O–H groups in total. The highest BCUT2D eigenvalue weighted by Crippen LogP contribution is 2.16. The second-order valence-corrected chi connectivity index (χ2v) is 5.24. The molecule has 114 valence electrons. The number of carboxylic acid groups (broad SMARTS) is 1. The van der Waals surface area contributed by atoms with Crippen molar-refractivity contribution in [1.82, 2.24) is 10.2 Å². The molecule has 1 fully saturated rings. The number of nitrogens with two attached hydrogens (primary N) is 1. The van der Waals surface area contributed by atoms with Crippen LogP contribution in [-0.2, 0) is 9.59 Å². The molecule has 0 aromatic carbocycles. The number of piperidine rings is 1. The van der Waals surface area contributed by atoms with E-state index in [1.54, 1.807) is 0 Å². The van der Waals surface area contributed by atoms with E-state index >= 15 is 0 Å². The molecule has 0 aromatic rings. The summed E-state index contributed by atoms with van der Waals surface area (Å²) in [6.45, 7) is 3.19. The van der Waals surface area contributed by atoms with E-state index < -0.39 is 12.0 Å². The average Bonchev–Trinajstić information content (AvgIpc) is 2.42. The van der Waals surface area contributed by atoms with E-state index in [4.69, 9.17) is 10.8 Å². The monoisotopic (exact) mass is 285 g/mol. The Morgan fingerprint density at radius 2 is 2.15 bits per heavy atom. The van der Waals surface area contributed by atoms with Crippen LogP contribution in [0.3, 0.4) is 0 Å². The van der Waals surface area contributed by atoms with Gasteiger partial charge in [-0.25, -0.2) is 4.79 Å². The Morgan fingerprint density at radius 3 is 2.70 bits per heavy atom. The molecule has 0 radical (unpaired) electrons. The van der Waals surface area contributed by atoms with Gasteiger partial charge in [0.15, 0.2) is 0 Å². The van der Waals surface area contributed by atoms with Crippen LogP contribution in [0.2, 0.25) is 0 Å². The molecule has 1 heterocycles. The minimum Gasteiger partial charge on any atom is -0.481 e. The van der Waals surface area contributed by atoms with Gasteiger partial charge < -0.3 is 21.1 Å². The molecule has 0 bridgehead atoms. The van der Waals surface area contributed by atoms with E-state index in [-0.39, 0.29) is 24.2 Å². The molecule has 1 saturated heterocycles. The van der Waals surface area contributed by atoms with Gasteiger partial charge in [0.25, 0.3) is 0 Å². The summed E-state index contributed by atoms with van der Waals surface area (Å²) in [6.07, 6.45) is 2.23. The van der Waals surface area contributed by atoms with Crippen LogP contribution in [0.4, 0.5) is 4.79 Å². The summed E-state index contributed by atoms with van der Waals surface area (Å²) in [5.41, 5.74) is 5.22. The summed E-state index contributed by atoms with van der Waals surface area (Å²) < 4.78 is 0. The Kier molecular flexibility index (Phi) is 6.27. The number of amides is 3. The fourth-order valence-electron chi connectivity index (χ4n) is 2.39. The molecule has 7 heteroatoms. The topological polar surface area (TPSA) is 113 Å². The molecular formula is C13H23N3O4. The van der Waals surface area contributed by atoms with Gasteiger partial charge in [-0.2, -0.15) is 0 Å². The lowest BCUT2D eigenvalue weighted by molar-refractivity contribution is -0.138. The standard InChI is InChI=1S/C13H23N3O4/c1-2-9(6-11(17)18)7-15-12(19)10-4-3-5-16(8-10)13(14)20/h9-10H,2-8H2,1H3,(H2,14,20)(H,15,19)(H,17,18). The number of urea groups is 1. The first-order chi connectivity index (χ1) is 9.43. The van der Waals surface area contributed by atoms with Crippen molar-refractivity contribution in [2.24, 2.45) is 17.6 Å². The quantitative estimate of drug-likeness (QED) is 0.655. The molecule has 0 saturated carbocycles. The van der Waals surface area contributed by atoms with Crippen LogP contribution in [0.15, 0.2) is 0 Å². The van der Waals surface area contributed by atoms with Crippen molar-refractivity contribution in [3.63, 3.8) is 0 Å². The van der Waals surface area contributed by atoms with Crippen LogP contribution in [0.25, 0.3) is 0 Å². The molecular weight excluding hydrogens is 262 g/mol. The minimum absolute atomic E-state index is 0.0505. The van der Waals surface area contributed by atoms with Crippen molar-refractivity contribution in [2.75, 3.05) is 19.6 Å². The molecule has 0 spiro atoms. The smallest absolute Gasteiger partial charge is 0.314 e. The van der Waals surface area contributed by atoms with Gasteiger partial charge in [-0.05, 0) is 18.8 Å². The van der Waals surface area contributed by atoms with Crippen molar-refractivity contribution < 1.29 is 19.5 Å². The number of carboxylic acids is 1. The third kappa shape index (κ3) is 5.07. The van der Waals surface area contributed by atoms with Crippen molar-refractivity contribution in [2.45, 2.75) is 32.6 Å². The number of primary amides is 1. The minimum atomic E-state index is -0.858. The number of hydrogen-bond donors (Lipinski definition) is 3. The van der Waals surface area contributed by atoms with Crippen LogP contribution in [0, 0.1) is 11.8 Å². The molecule has 0 aromatic heterocycles. The van der Waals surface area contributed by atoms with Gasteiger partial charge in [0.2, 0.25) is 5.91 Å². The summed E-state index contributed by atoms with van der Waals surface area (Å²) in [6, 6.07) is -0.500. The number of nitrogens with one attached hydrogen (secondary N) is 1. The summed E-state index contributed by atoms with van der Waals surface area (Å²) >= 11 is 0. The highest BCUT2D eigenvalue weighted by molar-refractivity contribution is 5.80. The Morgan fingerprint density at radius 1 is 1.45 bits per heavy atom. The second kappa shape index (κ2) is 7.72. The van der Waals surface area contributed by atoms with Gasteiger partial charge >= 0.3 is 12.0 Å². The zero-order chi connectivity index (χ0) is 15.1. The maximum absolute atomic E-state index is 12.0. The fourth-order valence-corrected chi connectivity index (χ4v) is 2.39. The number of hydrogen-bond acceptors (Lipinski definition) is 3. The third-order valence-electron chi connectivity index (χ3n) is 3.71. The van der Waals surface area contributed by atoms with Crippen molar-refractivity contribution >= 4 is 17.9 Å². The van der Waals surface area contributed by atoms with Gasteiger partial charge in [0.1, 0.15) is 0 Å². The lowest BCUT2D eigenvalue weighted by Crippen LogP contribution is -2.47. The normalized spacial score (nSPS) is 20.2. The first-order valence-corrected chi connectivity index (χ1v) is 6.97. The Hall–Kier alpha value is -1.79. The number of nitrogens with zero attached hydrogens (tertiary/aromatic N) is 1. The number of aliphatic carboxylic acids is 1. The Bertz CT molecular complexity index is 373. The number of carbonyl (C=O) groups is 3. The maximum atomic E-state index is 12.0. The average molecular weight is 285 g/mol. The van der Waals surface area contributed by atoms with E-state index in [1.165, 1.54) is 4.90 Å². The maximum Gasteiger partial charge on any atom is 0.314 e. The van der Waals surface area contributed by atoms with E-state index in [9.17, 15) is 14.4 Å². The third-order valence-corrected chi connectivity index (χ3v) is 3.71. The largest absolute Gasteiger partial charge is 0.481 e. The lowest BCUT2D eigenvalue weighted by Gasteiger charge is -2.31. The molecule has 2 atom stereocenters. The van der Waals surface area contributed by atoms with E-state index in [1.807, 2.05) is 6.92 Å². The zero-order valence-corrected chi connectivity index (χ0v) is 11.8. The van der Waals surface area contributed by atoms with Gasteiger partial charge in [-0.15, -0.1) is 0 Å². The van der Waals surface area contributed by atoms with Gasteiger partial charge in [0, 0.05) is 26.1 Å². The van der Waals surface area contributed by atoms with Crippen LogP contribution >= 0.6 is 0 Å². The van der Waals surface area contributed by atoms with Crippen LogP contribution in [0.5, 0.6) is 0 Å². The van der Waals surface area contributed by atoms with E-state index in [0.29, 0.717) is 26.1 Å². The first kappa shape index (κ1) is 16.3. The van der Waals surface area contributed by atoms with Gasteiger partial charge in [-0.1, -0.05) is 13.3 Å². The SMILES string of the molecule is CCC(CNC(=O)C1CCCN(C(N)=O)C1)CC(=O)O. The molecule has 3 amide bonds. The molecule has 2 unspecified atom stereocenters. The fraction of sp³-hybridized carbons (Fsp3) is 0.769. The molecule has 1 aliphatic rings. The molecule has 1 aliphatic heterocycles. The second-order valence-electron chi connectivity index (χ2n) is 5.24. The molecule has 1 rings (SSSR count). The predicted molar refractivity (Wildman–Crippen MR) is 72.9 cm³/mol. The highest BCUT2D eigenvalue weighted by atomic mass is 16.4. The van der Waals surface area contributed by atoms with Crippen LogP contribution in [0.1, 0.15) is 32.6 Å². The van der Waals surface area contributed by atoms with E-state index in [2.05, 4.69) is 5.32 Å². The summed E-state index contributed by atoms with van der Waals surface area (Å²) in [5, 5.41) is 11.5. The highest BCUT2D eigenvalue weighted by Gasteiger charge is 2.27. The zero-order valence-electron chi connectivity index (χ0n) is 11.8. The predicted octanol–water partition coefficient (Wildman–Crippen LogP) is 0.394. The summed E-state index contributed by atoms with van der Waals surface area (Å²) in [5.74, 6) is -1.30. The van der Waals surface area contributed by atoms with Gasteiger partial charge in [0.05, 0.1) is 5.92 Å². The molecule has 20 heavy (non-hydrogen) atoms. The Balaban J connectivity index is 2.41. The Labute approximate surface area is 118 Å². The van der Waals surface area contributed by atoms with Crippen LogP contribution in [-0.4, -0.2) is 47.5 Å². The number of carbonyl (C=O) groups excluding carboxylic acids is 2. The van der Waals surface area contributed by atoms with Crippen LogP contribution < -0.4 is 11.1 Å². The van der Waals surface area contributed by atoms with Gasteiger partial charge in [-0.3, -0.25) is 9.59 Å². The number of rotatable bonds is 6.